The third kappa shape index (κ3) is 11.0. The standard InChI is InChI=1S/C19H28O7S.K.H/c1-2-3-4-5-6-7-8-11-15-12-9-10-13-16(15)26-19(22)17(14-18(20)21)27(23,24)25;;/h9-10,12-13,17H,2-8,11,14H2,1H3,(H,20,21)(H,23,24,25);;. The number of aliphatic carboxylic acids is 1. The van der Waals surface area contributed by atoms with E-state index in [2.05, 4.69) is 6.92 Å². The Kier molecular flexibility index (Phi) is 14.5. The number of carboxylic acid groups (broad SMARTS) is 1. The van der Waals surface area contributed by atoms with Crippen molar-refractivity contribution in [2.45, 2.75) is 70.0 Å². The Morgan fingerprint density at radius 2 is 1.61 bits per heavy atom. The number of hydrogen-bond acceptors (Lipinski definition) is 5. The van der Waals surface area contributed by atoms with Crippen molar-refractivity contribution in [3.8, 4) is 5.75 Å². The molecule has 0 fully saturated rings. The molecular weight excluding hydrogens is 411 g/mol. The first-order valence-corrected chi connectivity index (χ1v) is 10.7. The van der Waals surface area contributed by atoms with Gasteiger partial charge < -0.3 is 9.84 Å². The first kappa shape index (κ1) is 27.7. The van der Waals surface area contributed by atoms with Gasteiger partial charge in [-0.05, 0) is 24.5 Å². The fourth-order valence-corrected chi connectivity index (χ4v) is 3.37. The average Bonchev–Trinajstić information content (AvgIpc) is 2.59. The number of hydrogen-bond donors (Lipinski definition) is 2. The summed E-state index contributed by atoms with van der Waals surface area (Å²) in [5.74, 6) is -2.63. The van der Waals surface area contributed by atoms with Gasteiger partial charge in [0.1, 0.15) is 5.75 Å². The van der Waals surface area contributed by atoms with Gasteiger partial charge in [-0.25, -0.2) is 0 Å². The van der Waals surface area contributed by atoms with Crippen molar-refractivity contribution < 1.29 is 32.4 Å². The quantitative estimate of drug-likeness (QED) is 0.159. The van der Waals surface area contributed by atoms with Gasteiger partial charge in [-0.3, -0.25) is 14.1 Å². The second-order valence-corrected chi connectivity index (χ2v) is 8.10. The minimum atomic E-state index is -4.88. The second-order valence-electron chi connectivity index (χ2n) is 6.50. The summed E-state index contributed by atoms with van der Waals surface area (Å²) in [4.78, 5) is 22.9. The molecule has 2 N–H and O–H groups in total. The van der Waals surface area contributed by atoms with Gasteiger partial charge in [-0.15, -0.1) is 0 Å². The number of benzene rings is 1. The fraction of sp³-hybridized carbons (Fsp3) is 0.579. The maximum atomic E-state index is 12.1. The number of unbranched alkanes of at least 4 members (excludes halogenated alkanes) is 6. The number of carbonyl (C=O) groups excluding carboxylic acids is 1. The molecule has 7 nitrogen and oxygen atoms in total. The van der Waals surface area contributed by atoms with Gasteiger partial charge in [-0.2, -0.15) is 8.42 Å². The fourth-order valence-electron chi connectivity index (χ4n) is 2.73. The average molecular weight is 441 g/mol. The molecule has 0 aromatic heterocycles. The van der Waals surface area contributed by atoms with Gasteiger partial charge in [0.2, 0.25) is 0 Å². The van der Waals surface area contributed by atoms with Crippen LogP contribution in [0.4, 0.5) is 0 Å². The Labute approximate surface area is 209 Å². The molecule has 0 radical (unpaired) electrons. The molecule has 1 aromatic rings. The molecule has 0 aliphatic rings. The molecule has 28 heavy (non-hydrogen) atoms. The summed E-state index contributed by atoms with van der Waals surface area (Å²) in [5, 5.41) is 6.60. The molecule has 0 amide bonds. The molecule has 0 spiro atoms. The van der Waals surface area contributed by atoms with Crippen LogP contribution < -0.4 is 4.74 Å². The van der Waals surface area contributed by atoms with E-state index >= 15 is 0 Å². The minimum absolute atomic E-state index is 0. The Hall–Kier alpha value is -0.294. The summed E-state index contributed by atoms with van der Waals surface area (Å²) in [5.41, 5.74) is 0.740. The van der Waals surface area contributed by atoms with Crippen LogP contribution in [0.3, 0.4) is 0 Å². The van der Waals surface area contributed by atoms with Crippen LogP contribution in [0.5, 0.6) is 5.75 Å². The summed E-state index contributed by atoms with van der Waals surface area (Å²) in [6.45, 7) is 2.17. The zero-order valence-electron chi connectivity index (χ0n) is 15.6. The van der Waals surface area contributed by atoms with E-state index in [1.807, 2.05) is 0 Å². The molecule has 0 saturated heterocycles. The van der Waals surface area contributed by atoms with E-state index in [0.717, 1.165) is 24.8 Å². The molecule has 1 atom stereocenters. The van der Waals surface area contributed by atoms with Crippen LogP contribution in [0.2, 0.25) is 0 Å². The molecule has 0 heterocycles. The first-order valence-electron chi connectivity index (χ1n) is 9.23. The third-order valence-corrected chi connectivity index (χ3v) is 5.29. The predicted octanol–water partition coefficient (Wildman–Crippen LogP) is 2.97. The third-order valence-electron chi connectivity index (χ3n) is 4.22. The van der Waals surface area contributed by atoms with Crippen molar-refractivity contribution in [2.75, 3.05) is 0 Å². The van der Waals surface area contributed by atoms with Gasteiger partial charge in [0, 0.05) is 0 Å². The van der Waals surface area contributed by atoms with Crippen LogP contribution in [0.1, 0.15) is 63.9 Å². The van der Waals surface area contributed by atoms with Crippen LogP contribution in [-0.4, -0.2) is 86.7 Å². The van der Waals surface area contributed by atoms with Crippen molar-refractivity contribution in [3.05, 3.63) is 29.8 Å². The van der Waals surface area contributed by atoms with Crippen LogP contribution >= 0.6 is 0 Å². The molecule has 0 saturated carbocycles. The molecule has 9 heteroatoms. The first-order chi connectivity index (χ1) is 12.8. The van der Waals surface area contributed by atoms with Crippen LogP contribution in [-0.2, 0) is 26.1 Å². The monoisotopic (exact) mass is 440 g/mol. The molecule has 1 unspecified atom stereocenters. The van der Waals surface area contributed by atoms with Crippen LogP contribution in [0.25, 0.3) is 0 Å². The van der Waals surface area contributed by atoms with Gasteiger partial charge in [0.05, 0.1) is 6.42 Å². The van der Waals surface area contributed by atoms with Crippen molar-refractivity contribution in [2.24, 2.45) is 0 Å². The number of esters is 1. The summed E-state index contributed by atoms with van der Waals surface area (Å²) >= 11 is 0. The Morgan fingerprint density at radius 1 is 1.04 bits per heavy atom. The SMILES string of the molecule is CCCCCCCCCc1ccccc1OC(=O)C(CC(=O)O)S(=O)(=O)O.[KH]. The van der Waals surface area contributed by atoms with E-state index in [1.54, 1.807) is 18.2 Å². The van der Waals surface area contributed by atoms with E-state index < -0.39 is 33.7 Å². The number of carboxylic acids is 1. The Balaban J connectivity index is 0.00000729. The van der Waals surface area contributed by atoms with Gasteiger partial charge in [-0.1, -0.05) is 63.6 Å². The molecule has 0 bridgehead atoms. The van der Waals surface area contributed by atoms with Gasteiger partial charge in [0.25, 0.3) is 10.1 Å². The van der Waals surface area contributed by atoms with Crippen LogP contribution in [0, 0.1) is 0 Å². The zero-order valence-corrected chi connectivity index (χ0v) is 16.4. The molecule has 1 aromatic carbocycles. The van der Waals surface area contributed by atoms with Crippen molar-refractivity contribution in [1.29, 1.82) is 0 Å². The normalized spacial score (nSPS) is 12.1. The maximum absolute atomic E-state index is 12.1. The van der Waals surface area contributed by atoms with Crippen molar-refractivity contribution in [1.82, 2.24) is 0 Å². The van der Waals surface area contributed by atoms with Gasteiger partial charge in [0.15, 0.2) is 5.25 Å². The summed E-state index contributed by atoms with van der Waals surface area (Å²) in [7, 11) is -4.88. The number of aryl methyl sites for hydroxylation is 1. The van der Waals surface area contributed by atoms with E-state index in [9.17, 15) is 18.0 Å². The molecule has 0 aliphatic carbocycles. The summed E-state index contributed by atoms with van der Waals surface area (Å²) in [6.07, 6.45) is 7.53. The van der Waals surface area contributed by atoms with E-state index in [1.165, 1.54) is 31.7 Å². The van der Waals surface area contributed by atoms with Crippen molar-refractivity contribution >= 4 is 73.4 Å². The molecule has 1 rings (SSSR count). The van der Waals surface area contributed by atoms with Crippen molar-refractivity contribution in [3.63, 3.8) is 0 Å². The number of para-hydroxylation sites is 1. The van der Waals surface area contributed by atoms with Crippen LogP contribution in [0.15, 0.2) is 24.3 Å². The summed E-state index contributed by atoms with van der Waals surface area (Å²) in [6, 6.07) is 6.72. The zero-order chi connectivity index (χ0) is 20.3. The molecule has 0 aliphatic heterocycles. The Bertz CT molecular complexity index is 719. The van der Waals surface area contributed by atoms with E-state index in [0.29, 0.717) is 6.42 Å². The topological polar surface area (TPSA) is 118 Å². The number of rotatable bonds is 13. The Morgan fingerprint density at radius 3 is 2.18 bits per heavy atom. The summed E-state index contributed by atoms with van der Waals surface area (Å²) < 4.78 is 36.8. The van der Waals surface area contributed by atoms with E-state index in [4.69, 9.17) is 14.4 Å². The number of ether oxygens (including phenoxy) is 1. The van der Waals surface area contributed by atoms with E-state index in [-0.39, 0.29) is 57.1 Å². The number of carbonyl (C=O) groups is 2. The van der Waals surface area contributed by atoms with Gasteiger partial charge >= 0.3 is 63.3 Å². The predicted molar refractivity (Wildman–Crippen MR) is 109 cm³/mol. The molecular formula is C19H29KO7S. The second kappa shape index (κ2) is 14.7. The molecule has 154 valence electrons.